The van der Waals surface area contributed by atoms with Crippen LogP contribution in [0.1, 0.15) is 387 Å². The van der Waals surface area contributed by atoms with E-state index in [1.165, 1.54) is 244 Å². The first-order valence-electron chi connectivity index (χ1n) is 45.8. The summed E-state index contributed by atoms with van der Waals surface area (Å²) in [6.07, 6.45) is 105. The van der Waals surface area contributed by atoms with Gasteiger partial charge in [0.05, 0.1) is 13.2 Å². The average Bonchev–Trinajstić information content (AvgIpc) is 0.910. The first kappa shape index (κ1) is 104. The fourth-order valence-electron chi connectivity index (χ4n) is 13.4. The molecule has 0 aromatic carbocycles. The zero-order chi connectivity index (χ0) is 76.9. The quantitative estimate of drug-likeness (QED) is 0.0265. The maximum absolute atomic E-state index is 10.0. The van der Waals surface area contributed by atoms with Crippen LogP contribution in [0, 0.1) is 0 Å². The molecule has 0 spiro atoms. The van der Waals surface area contributed by atoms with Gasteiger partial charge < -0.3 is 37.4 Å². The van der Waals surface area contributed by atoms with Crippen molar-refractivity contribution in [1.82, 2.24) is 9.80 Å². The van der Waals surface area contributed by atoms with Gasteiger partial charge in [0.25, 0.3) is 0 Å². The Morgan fingerprint density at radius 1 is 0.245 bits per heavy atom. The highest BCUT2D eigenvalue weighted by Gasteiger charge is 2.30. The highest BCUT2D eigenvalue weighted by atomic mass is 28.4. The Hall–Kier alpha value is -2.05. The lowest BCUT2D eigenvalue weighted by Gasteiger charge is -2.29. The second-order valence-electron chi connectivity index (χ2n) is 31.5. The SMILES string of the molecule is CCCCC/C=C\C/C=C\CCCCCCCCOC(CCCCCCC/C=C\C/C=C\CCCCC)O[Si](C)(C)OCCCCCCN(CCO)CCN(CCO)CCCCCCO[Si](C)(C)OC(CCCCCCC/C=C\C/C=C\CCCCC)OCCCCCCCC/C=C\C/C=C\CCCCC. The van der Waals surface area contributed by atoms with Crippen LogP contribution in [0.25, 0.3) is 0 Å². The smallest absolute Gasteiger partial charge is 0.333 e. The molecule has 2 atom stereocenters. The maximum Gasteiger partial charge on any atom is 0.333 e. The lowest BCUT2D eigenvalue weighted by Crippen LogP contribution is -2.40. The van der Waals surface area contributed by atoms with Crippen molar-refractivity contribution in [2.75, 3.05) is 78.9 Å². The van der Waals surface area contributed by atoms with Gasteiger partial charge in [0.15, 0.2) is 0 Å². The molecule has 0 radical (unpaired) electrons. The van der Waals surface area contributed by atoms with E-state index in [1.54, 1.807) is 0 Å². The summed E-state index contributed by atoms with van der Waals surface area (Å²) in [7, 11) is -4.79. The van der Waals surface area contributed by atoms with E-state index in [2.05, 4.69) is 161 Å². The number of allylic oxidation sites excluding steroid dienone is 16. The highest BCUT2D eigenvalue weighted by molar-refractivity contribution is 6.64. The second kappa shape index (κ2) is 85.4. The van der Waals surface area contributed by atoms with Gasteiger partial charge in [-0.1, -0.05) is 292 Å². The molecule has 0 saturated heterocycles. The third-order valence-electron chi connectivity index (χ3n) is 20.1. The Kier molecular flexibility index (Phi) is 83.7. The second-order valence-corrected chi connectivity index (χ2v) is 38.1. The van der Waals surface area contributed by atoms with Gasteiger partial charge in [-0.05, 0) is 232 Å². The molecule has 0 aliphatic rings. The third kappa shape index (κ3) is 81.4. The molecule has 622 valence electrons. The van der Waals surface area contributed by atoms with Crippen LogP contribution in [0.4, 0.5) is 0 Å². The molecule has 0 fully saturated rings. The minimum Gasteiger partial charge on any atom is -0.395 e. The summed E-state index contributed by atoms with van der Waals surface area (Å²) >= 11 is 0. The lowest BCUT2D eigenvalue weighted by molar-refractivity contribution is -0.105. The summed E-state index contributed by atoms with van der Waals surface area (Å²) in [4.78, 5) is 4.82. The van der Waals surface area contributed by atoms with E-state index in [-0.39, 0.29) is 25.8 Å². The van der Waals surface area contributed by atoms with Crippen LogP contribution in [0.2, 0.25) is 26.2 Å². The molecular weight excluding hydrogens is 1340 g/mol. The van der Waals surface area contributed by atoms with Gasteiger partial charge >= 0.3 is 17.1 Å². The van der Waals surface area contributed by atoms with Gasteiger partial charge in [-0.2, -0.15) is 0 Å². The molecule has 0 aliphatic heterocycles. The van der Waals surface area contributed by atoms with Crippen LogP contribution in [-0.4, -0.2) is 129 Å². The van der Waals surface area contributed by atoms with Gasteiger partial charge in [0.1, 0.15) is 12.6 Å². The van der Waals surface area contributed by atoms with Gasteiger partial charge in [-0.3, -0.25) is 9.80 Å². The first-order chi connectivity index (χ1) is 52.1. The van der Waals surface area contributed by atoms with E-state index >= 15 is 0 Å². The number of nitrogens with zero attached hydrogens (tertiary/aromatic N) is 2. The lowest BCUT2D eigenvalue weighted by atomic mass is 10.1. The molecule has 0 heterocycles. The molecule has 0 bridgehead atoms. The van der Waals surface area contributed by atoms with Crippen molar-refractivity contribution in [3.8, 4) is 0 Å². The predicted octanol–water partition coefficient (Wildman–Crippen LogP) is 28.1. The van der Waals surface area contributed by atoms with Crippen LogP contribution in [-0.2, 0) is 27.2 Å². The molecule has 0 amide bonds. The molecule has 12 heteroatoms. The van der Waals surface area contributed by atoms with Crippen molar-refractivity contribution in [3.63, 3.8) is 0 Å². The highest BCUT2D eigenvalue weighted by Crippen LogP contribution is 2.22. The van der Waals surface area contributed by atoms with Crippen molar-refractivity contribution in [1.29, 1.82) is 0 Å². The molecule has 0 rings (SSSR count). The minimum atomic E-state index is -2.39. The summed E-state index contributed by atoms with van der Waals surface area (Å²) in [5, 5.41) is 20.1. The summed E-state index contributed by atoms with van der Waals surface area (Å²) < 4.78 is 39.8. The molecule has 0 aromatic rings. The normalized spacial score (nSPS) is 13.5. The average molecular weight is 1520 g/mol. The molecular formula is C94H180N2O8Si2. The van der Waals surface area contributed by atoms with E-state index in [0.29, 0.717) is 13.1 Å². The van der Waals surface area contributed by atoms with E-state index in [1.807, 2.05) is 0 Å². The minimum absolute atomic E-state index is 0.165. The summed E-state index contributed by atoms with van der Waals surface area (Å²) in [6.45, 7) is 26.3. The summed E-state index contributed by atoms with van der Waals surface area (Å²) in [5.41, 5.74) is 0. The van der Waals surface area contributed by atoms with E-state index < -0.39 is 17.1 Å². The van der Waals surface area contributed by atoms with Crippen LogP contribution in [0.5, 0.6) is 0 Å². The summed E-state index contributed by atoms with van der Waals surface area (Å²) in [5.74, 6) is 0. The topological polar surface area (TPSA) is 102 Å². The first-order valence-corrected chi connectivity index (χ1v) is 51.4. The molecule has 10 nitrogen and oxygen atoms in total. The van der Waals surface area contributed by atoms with Crippen LogP contribution in [0.15, 0.2) is 97.2 Å². The molecule has 0 saturated carbocycles. The summed E-state index contributed by atoms with van der Waals surface area (Å²) in [6, 6.07) is 0. The molecule has 0 aliphatic carbocycles. The standard InChI is InChI=1S/C94H180N2O8Si2/c1-9-13-17-21-25-29-33-37-41-45-49-53-57-61-67-75-89-99-93(79-71-63-59-55-51-47-43-39-35-31-27-23-19-15-11-3)103-105(5,6)101-91-77-69-65-73-81-95(85-87-97)83-84-96(86-88-98)82-74-66-70-78-92-102-106(7,8)104-94(80-72-64-60-56-52-48-44-40-36-32-28-24-20-16-12-4)100-90-76-68-62-58-54-50-46-42-38-34-30-26-22-18-14-10-2/h25-32,37-44,93-94,97-98H,9-24,33-36,45-92H2,1-8H3/b29-25-,30-26-,31-27-,32-28-,41-37-,42-38-,43-39-,44-40-. The monoisotopic (exact) mass is 1520 g/mol. The molecule has 2 unspecified atom stereocenters. The van der Waals surface area contributed by atoms with Gasteiger partial charge in [-0.25, -0.2) is 0 Å². The Labute approximate surface area is 662 Å². The van der Waals surface area contributed by atoms with Crippen LogP contribution < -0.4 is 0 Å². The Morgan fingerprint density at radius 3 is 0.736 bits per heavy atom. The Morgan fingerprint density at radius 2 is 0.472 bits per heavy atom. The molecule has 0 aromatic heterocycles. The largest absolute Gasteiger partial charge is 0.395 e. The molecule has 106 heavy (non-hydrogen) atoms. The van der Waals surface area contributed by atoms with Crippen molar-refractivity contribution in [2.45, 2.75) is 426 Å². The van der Waals surface area contributed by atoms with Gasteiger partial charge in [-0.15, -0.1) is 0 Å². The number of hydrogen-bond donors (Lipinski definition) is 2. The van der Waals surface area contributed by atoms with E-state index in [4.69, 9.17) is 27.2 Å². The Balaban J connectivity index is 4.94. The van der Waals surface area contributed by atoms with Crippen molar-refractivity contribution in [3.05, 3.63) is 97.2 Å². The number of unbranched alkanes of at least 4 members (excludes halogenated alkanes) is 40. The molecule has 2 N–H and O–H groups in total. The van der Waals surface area contributed by atoms with Crippen LogP contribution >= 0.6 is 0 Å². The van der Waals surface area contributed by atoms with Gasteiger partial charge in [0, 0.05) is 52.6 Å². The Bertz CT molecular complexity index is 1850. The fourth-order valence-corrected chi connectivity index (χ4v) is 16.4. The fraction of sp³-hybridized carbons (Fsp3) is 0.830. The maximum atomic E-state index is 10.0. The number of aliphatic hydroxyl groups is 2. The number of aliphatic hydroxyl groups excluding tert-OH is 2. The number of ether oxygens (including phenoxy) is 2. The number of rotatable bonds is 87. The van der Waals surface area contributed by atoms with Crippen molar-refractivity contribution < 1.29 is 37.4 Å². The van der Waals surface area contributed by atoms with Crippen molar-refractivity contribution >= 4 is 17.1 Å². The van der Waals surface area contributed by atoms with E-state index in [9.17, 15) is 10.2 Å². The van der Waals surface area contributed by atoms with Crippen molar-refractivity contribution in [2.24, 2.45) is 0 Å². The zero-order valence-corrected chi connectivity index (χ0v) is 73.7. The van der Waals surface area contributed by atoms with Crippen LogP contribution in [0.3, 0.4) is 0 Å². The van der Waals surface area contributed by atoms with Gasteiger partial charge in [0.2, 0.25) is 0 Å². The number of hydrogen-bond acceptors (Lipinski definition) is 10. The predicted molar refractivity (Wildman–Crippen MR) is 470 cm³/mol. The van der Waals surface area contributed by atoms with E-state index in [0.717, 1.165) is 168 Å². The third-order valence-corrected chi connectivity index (χ3v) is 23.6. The zero-order valence-electron chi connectivity index (χ0n) is 71.7.